The minimum Gasteiger partial charge on any atom is -0.0991 e. The molecule has 0 aromatic heterocycles. The molecule has 0 heterocycles. The predicted octanol–water partition coefficient (Wildman–Crippen LogP) is 16.7. The first-order valence-corrected chi connectivity index (χ1v) is 19.7. The van der Waals surface area contributed by atoms with Gasteiger partial charge in [-0.1, -0.05) is 271 Å². The number of rotatable bonds is 8. The molecule has 7 aromatic carbocycles. The van der Waals surface area contributed by atoms with E-state index in [1.807, 2.05) is 42.5 Å². The maximum atomic E-state index is 3.84. The Kier molecular flexibility index (Phi) is 16.5. The Balaban J connectivity index is 0.000000273. The predicted molar refractivity (Wildman–Crippen MR) is 252 cm³/mol. The Morgan fingerprint density at radius 3 is 0.893 bits per heavy atom. The van der Waals surface area contributed by atoms with E-state index in [4.69, 9.17) is 0 Å². The molecule has 0 radical (unpaired) electrons. The average molecular weight is 727 g/mol. The molecule has 0 bridgehead atoms. The molecule has 0 aliphatic heterocycles. The molecule has 1 fully saturated rings. The van der Waals surface area contributed by atoms with Gasteiger partial charge in [0.05, 0.1) is 0 Å². The average Bonchev–Trinajstić information content (AvgIpc) is 3.29. The molecule has 0 amide bonds. The lowest BCUT2D eigenvalue weighted by Gasteiger charge is -2.13. The zero-order chi connectivity index (χ0) is 39.2. The van der Waals surface area contributed by atoms with Crippen LogP contribution in [0.25, 0.3) is 69.1 Å². The van der Waals surface area contributed by atoms with Crippen LogP contribution in [0.2, 0.25) is 0 Å². The van der Waals surface area contributed by atoms with E-state index in [1.165, 1.54) is 99.0 Å². The summed E-state index contributed by atoms with van der Waals surface area (Å²) in [5.41, 5.74) is 9.61. The fourth-order valence-electron chi connectivity index (χ4n) is 6.73. The second-order valence-electron chi connectivity index (χ2n) is 13.7. The zero-order valence-corrected chi connectivity index (χ0v) is 32.7. The molecular formula is C56H54. The summed E-state index contributed by atoms with van der Waals surface area (Å²) in [7, 11) is 0. The molecule has 0 heteroatoms. The van der Waals surface area contributed by atoms with Gasteiger partial charge >= 0.3 is 0 Å². The minimum absolute atomic E-state index is 1.13. The van der Waals surface area contributed by atoms with Crippen LogP contribution in [-0.4, -0.2) is 0 Å². The standard InChI is InChI=1S/C38H28.C8H8.C6H12.C4H6/c1-2-28-16-22-31(23-17-28)32-24-18-30(19-25-32)21-27-38-35-14-8-6-12-33(35)37(34-13-7-9-15-36(34)38)26-20-29-10-4-3-5-11-29;1-2-8-6-4-3-5-7-8;1-2-4-6-5-3-1;1-3-4-2/h2-27H,1H2;2-7H,1H2;1-6H2;3-4H,1-2H2/b26-20+,27-21+;;;. The third kappa shape index (κ3) is 12.0. The number of fused-ring (bicyclic) bond motifs is 2. The van der Waals surface area contributed by atoms with Gasteiger partial charge in [0.25, 0.3) is 0 Å². The van der Waals surface area contributed by atoms with Gasteiger partial charge in [0.15, 0.2) is 0 Å². The van der Waals surface area contributed by atoms with E-state index in [-0.39, 0.29) is 0 Å². The highest BCUT2D eigenvalue weighted by Gasteiger charge is 2.10. The second-order valence-corrected chi connectivity index (χ2v) is 13.7. The largest absolute Gasteiger partial charge is 0.0991 e. The molecule has 0 unspecified atom stereocenters. The molecule has 0 N–H and O–H groups in total. The van der Waals surface area contributed by atoms with Crippen LogP contribution < -0.4 is 0 Å². The molecule has 56 heavy (non-hydrogen) atoms. The van der Waals surface area contributed by atoms with Crippen molar-refractivity contribution in [2.24, 2.45) is 0 Å². The van der Waals surface area contributed by atoms with Crippen LogP contribution in [0.4, 0.5) is 0 Å². The van der Waals surface area contributed by atoms with Crippen molar-refractivity contribution in [2.45, 2.75) is 38.5 Å². The third-order valence-electron chi connectivity index (χ3n) is 9.79. The molecule has 0 spiro atoms. The summed E-state index contributed by atoms with van der Waals surface area (Å²) in [6.07, 6.45) is 24.9. The van der Waals surface area contributed by atoms with Crippen molar-refractivity contribution in [3.05, 3.63) is 230 Å². The number of benzene rings is 7. The van der Waals surface area contributed by atoms with Gasteiger partial charge in [-0.2, -0.15) is 0 Å². The van der Waals surface area contributed by atoms with Crippen molar-refractivity contribution in [3.63, 3.8) is 0 Å². The van der Waals surface area contributed by atoms with E-state index in [2.05, 4.69) is 178 Å². The lowest BCUT2D eigenvalue weighted by molar-refractivity contribution is 0.504. The van der Waals surface area contributed by atoms with Crippen LogP contribution >= 0.6 is 0 Å². The Morgan fingerprint density at radius 1 is 0.286 bits per heavy atom. The molecular weight excluding hydrogens is 673 g/mol. The molecule has 278 valence electrons. The van der Waals surface area contributed by atoms with Gasteiger partial charge in [-0.25, -0.2) is 0 Å². The molecule has 0 atom stereocenters. The highest BCUT2D eigenvalue weighted by molar-refractivity contribution is 6.14. The van der Waals surface area contributed by atoms with Gasteiger partial charge in [-0.15, -0.1) is 0 Å². The van der Waals surface area contributed by atoms with Crippen LogP contribution in [0.15, 0.2) is 196 Å². The van der Waals surface area contributed by atoms with Crippen LogP contribution in [0.1, 0.15) is 71.9 Å². The van der Waals surface area contributed by atoms with Crippen molar-refractivity contribution in [1.82, 2.24) is 0 Å². The Morgan fingerprint density at radius 2 is 0.571 bits per heavy atom. The first-order valence-electron chi connectivity index (χ1n) is 19.7. The highest BCUT2D eigenvalue weighted by Crippen LogP contribution is 2.35. The molecule has 7 aromatic rings. The van der Waals surface area contributed by atoms with Crippen molar-refractivity contribution in [2.75, 3.05) is 0 Å². The maximum Gasteiger partial charge on any atom is -0.00987 e. The van der Waals surface area contributed by atoms with Gasteiger partial charge in [-0.3, -0.25) is 0 Å². The summed E-state index contributed by atoms with van der Waals surface area (Å²) in [4.78, 5) is 0. The number of hydrogen-bond donors (Lipinski definition) is 0. The summed E-state index contributed by atoms with van der Waals surface area (Å²) >= 11 is 0. The van der Waals surface area contributed by atoms with Crippen LogP contribution in [-0.2, 0) is 0 Å². The Labute approximate surface area is 335 Å². The normalized spacial score (nSPS) is 12.0. The summed E-state index contributed by atoms with van der Waals surface area (Å²) in [5, 5.41) is 5.04. The van der Waals surface area contributed by atoms with Gasteiger partial charge in [0, 0.05) is 0 Å². The highest BCUT2D eigenvalue weighted by atomic mass is 14.1. The van der Waals surface area contributed by atoms with E-state index in [0.717, 1.165) is 5.56 Å². The zero-order valence-electron chi connectivity index (χ0n) is 32.7. The van der Waals surface area contributed by atoms with Crippen molar-refractivity contribution >= 4 is 58.0 Å². The number of hydrogen-bond acceptors (Lipinski definition) is 0. The van der Waals surface area contributed by atoms with Gasteiger partial charge in [0.2, 0.25) is 0 Å². The third-order valence-corrected chi connectivity index (χ3v) is 9.79. The van der Waals surface area contributed by atoms with Crippen LogP contribution in [0.3, 0.4) is 0 Å². The molecule has 0 nitrogen and oxygen atoms in total. The fraction of sp³-hybridized carbons (Fsp3) is 0.107. The van der Waals surface area contributed by atoms with Crippen molar-refractivity contribution in [3.8, 4) is 11.1 Å². The molecule has 1 aliphatic rings. The Hall–Kier alpha value is -6.50. The SMILES string of the molecule is C1CCCCC1.C=CC=C.C=Cc1ccc(-c2ccc(/C=C/c3c4ccccc4c(/C=C/c4ccccc4)c4ccccc34)cc2)cc1.C=Cc1ccccc1. The summed E-state index contributed by atoms with van der Waals surface area (Å²) in [5.74, 6) is 0. The quantitative estimate of drug-likeness (QED) is 0.0831. The molecule has 1 aliphatic carbocycles. The first-order chi connectivity index (χ1) is 27.6. The van der Waals surface area contributed by atoms with Crippen molar-refractivity contribution in [1.29, 1.82) is 0 Å². The van der Waals surface area contributed by atoms with Crippen molar-refractivity contribution < 1.29 is 0 Å². The second kappa shape index (κ2) is 22.7. The first kappa shape index (κ1) is 40.7. The number of allylic oxidation sites excluding steroid dienone is 2. The van der Waals surface area contributed by atoms with Gasteiger partial charge < -0.3 is 0 Å². The molecule has 0 saturated heterocycles. The smallest absolute Gasteiger partial charge is 0.00987 e. The van der Waals surface area contributed by atoms with Gasteiger partial charge in [-0.05, 0) is 66.1 Å². The van der Waals surface area contributed by atoms with E-state index < -0.39 is 0 Å². The van der Waals surface area contributed by atoms with E-state index in [0.29, 0.717) is 0 Å². The minimum atomic E-state index is 1.13. The lowest BCUT2D eigenvalue weighted by Crippen LogP contribution is -1.88. The fourth-order valence-corrected chi connectivity index (χ4v) is 6.73. The van der Waals surface area contributed by atoms with Crippen LogP contribution in [0, 0.1) is 0 Å². The van der Waals surface area contributed by atoms with Gasteiger partial charge in [0.1, 0.15) is 0 Å². The summed E-state index contributed by atoms with van der Waals surface area (Å²) in [6, 6.07) is 55.2. The topological polar surface area (TPSA) is 0 Å². The van der Waals surface area contributed by atoms with E-state index >= 15 is 0 Å². The molecule has 8 rings (SSSR count). The summed E-state index contributed by atoms with van der Waals surface area (Å²) < 4.78 is 0. The Bertz CT molecular complexity index is 2260. The monoisotopic (exact) mass is 726 g/mol. The maximum absolute atomic E-state index is 3.84. The van der Waals surface area contributed by atoms with E-state index in [9.17, 15) is 0 Å². The molecule has 1 saturated carbocycles. The van der Waals surface area contributed by atoms with Crippen LogP contribution in [0.5, 0.6) is 0 Å². The van der Waals surface area contributed by atoms with E-state index in [1.54, 1.807) is 12.2 Å². The summed E-state index contributed by atoms with van der Waals surface area (Å²) in [6.45, 7) is 14.2. The lowest BCUT2D eigenvalue weighted by atomic mass is 9.90.